The summed E-state index contributed by atoms with van der Waals surface area (Å²) >= 11 is 12.5. The summed E-state index contributed by atoms with van der Waals surface area (Å²) in [6.45, 7) is 3.40. The lowest BCUT2D eigenvalue weighted by molar-refractivity contribution is -0.124. The van der Waals surface area contributed by atoms with Crippen molar-refractivity contribution in [2.45, 2.75) is 46.2 Å². The number of carbonyl (C=O) groups excluding carboxylic acids is 1. The molecule has 1 aromatic heterocycles. The lowest BCUT2D eigenvalue weighted by atomic mass is 9.91. The van der Waals surface area contributed by atoms with E-state index in [1.165, 1.54) is 20.0 Å². The summed E-state index contributed by atoms with van der Waals surface area (Å²) in [5.41, 5.74) is 0.313. The van der Waals surface area contributed by atoms with Gasteiger partial charge in [0.25, 0.3) is 15.9 Å². The van der Waals surface area contributed by atoms with E-state index in [1.54, 1.807) is 49.4 Å². The number of nitrogens with zero attached hydrogens (tertiary/aromatic N) is 5. The molecule has 5 rings (SSSR count). The van der Waals surface area contributed by atoms with Gasteiger partial charge < -0.3 is 5.32 Å². The number of fused-ring (bicyclic) bond motifs is 1. The first-order valence-corrected chi connectivity index (χ1v) is 13.4. The van der Waals surface area contributed by atoms with E-state index in [-0.39, 0.29) is 45.6 Å². The minimum atomic E-state index is -3.94. The van der Waals surface area contributed by atoms with Crippen molar-refractivity contribution >= 4 is 50.8 Å². The second-order valence-corrected chi connectivity index (χ2v) is 11.7. The number of rotatable bonds is 5. The van der Waals surface area contributed by atoms with E-state index in [1.807, 2.05) is 0 Å². The fraction of sp³-hybridized carbons (Fsp3) is 0.370. The molecule has 1 saturated heterocycles. The van der Waals surface area contributed by atoms with Crippen molar-refractivity contribution in [2.75, 3.05) is 31.1 Å². The van der Waals surface area contributed by atoms with Crippen LogP contribution in [-0.2, 0) is 26.8 Å². The average molecular weight is 594 g/mol. The van der Waals surface area contributed by atoms with E-state index < -0.39 is 15.6 Å². The van der Waals surface area contributed by atoms with Gasteiger partial charge in [-0.25, -0.2) is 18.3 Å². The molecule has 0 spiro atoms. The molecule has 1 fully saturated rings. The summed E-state index contributed by atoms with van der Waals surface area (Å²) in [6, 6.07) is 13.7. The van der Waals surface area contributed by atoms with Gasteiger partial charge in [-0.05, 0) is 42.8 Å². The van der Waals surface area contributed by atoms with Crippen LogP contribution in [0, 0.1) is 11.3 Å². The van der Waals surface area contributed by atoms with E-state index in [4.69, 9.17) is 28.5 Å². The van der Waals surface area contributed by atoms with Crippen molar-refractivity contribution in [3.63, 3.8) is 0 Å². The van der Waals surface area contributed by atoms with Gasteiger partial charge in [0.1, 0.15) is 5.54 Å². The number of halogens is 2. The Balaban J connectivity index is 0.00000178. The van der Waals surface area contributed by atoms with Crippen molar-refractivity contribution in [3.05, 3.63) is 69.8 Å². The Morgan fingerprint density at radius 2 is 1.64 bits per heavy atom. The fourth-order valence-corrected chi connectivity index (χ4v) is 6.87. The third kappa shape index (κ3) is 5.55. The quantitative estimate of drug-likeness (QED) is 0.436. The van der Waals surface area contributed by atoms with Crippen molar-refractivity contribution in [1.29, 1.82) is 5.26 Å². The van der Waals surface area contributed by atoms with Crippen LogP contribution in [0.15, 0.2) is 53.7 Å². The summed E-state index contributed by atoms with van der Waals surface area (Å²) in [6.07, 6.45) is 1.48. The Morgan fingerprint density at radius 3 is 2.21 bits per heavy atom. The molecule has 12 heteroatoms. The maximum absolute atomic E-state index is 14.1. The molecule has 9 nitrogen and oxygen atoms in total. The largest absolute Gasteiger partial charge is 0.314 e. The van der Waals surface area contributed by atoms with Gasteiger partial charge in [-0.1, -0.05) is 57.6 Å². The van der Waals surface area contributed by atoms with Crippen molar-refractivity contribution < 1.29 is 13.2 Å². The number of amides is 1. The lowest BCUT2D eigenvalue weighted by Gasteiger charge is -2.30. The van der Waals surface area contributed by atoms with Crippen LogP contribution in [0.4, 0.5) is 11.6 Å². The number of benzene rings is 2. The fourth-order valence-electron chi connectivity index (χ4n) is 4.73. The van der Waals surface area contributed by atoms with Crippen molar-refractivity contribution in [1.82, 2.24) is 19.2 Å². The van der Waals surface area contributed by atoms with Crippen molar-refractivity contribution in [2.24, 2.45) is 0 Å². The van der Waals surface area contributed by atoms with Gasteiger partial charge in [0.15, 0.2) is 5.03 Å². The number of piperazine rings is 1. The van der Waals surface area contributed by atoms with E-state index in [2.05, 4.69) is 16.4 Å². The Bertz CT molecular complexity index is 1470. The molecule has 210 valence electrons. The van der Waals surface area contributed by atoms with Crippen LogP contribution in [0.2, 0.25) is 10.0 Å². The summed E-state index contributed by atoms with van der Waals surface area (Å²) in [5.74, 6) is -0.201. The number of aromatic nitrogens is 2. The van der Waals surface area contributed by atoms with Crippen LogP contribution in [0.5, 0.6) is 0 Å². The molecule has 2 aliphatic heterocycles. The van der Waals surface area contributed by atoms with E-state index >= 15 is 0 Å². The topological polar surface area (TPSA) is 111 Å². The molecule has 0 aliphatic carbocycles. The van der Waals surface area contributed by atoms with E-state index in [0.717, 1.165) is 5.56 Å². The molecule has 0 radical (unpaired) electrons. The van der Waals surface area contributed by atoms with Crippen LogP contribution in [0.25, 0.3) is 0 Å². The van der Waals surface area contributed by atoms with Crippen LogP contribution in [-0.4, -0.2) is 54.4 Å². The van der Waals surface area contributed by atoms with Gasteiger partial charge in [0, 0.05) is 42.6 Å². The van der Waals surface area contributed by atoms with Crippen LogP contribution >= 0.6 is 23.2 Å². The standard InChI is InChI=1S/C24H22Cl2N6O3S.3CH4/c1-24(13-16-2-4-17(14-27)5-3-16)22(33)31(20-11-18(25)10-19(26)12-20)23-29-15-21(32(23)24)36(34,35)30-8-6-28-7-9-30;;;/h2-5,10-12,15,28H,6-9,13H2,1H3;3*1H4/t24-;;;/m1.../s1. The van der Waals surface area contributed by atoms with Crippen LogP contribution in [0.1, 0.15) is 40.3 Å². The summed E-state index contributed by atoms with van der Waals surface area (Å²) in [4.78, 5) is 19.8. The van der Waals surface area contributed by atoms with Gasteiger partial charge in [0.2, 0.25) is 5.95 Å². The SMILES string of the molecule is C.C.C.C[C@@]1(Cc2ccc(C#N)cc2)C(=O)N(c2cc(Cl)cc(Cl)c2)c2ncc(S(=O)(=O)N3CCNCC3)n21. The first kappa shape index (κ1) is 32.3. The molecule has 1 amide bonds. The molecule has 39 heavy (non-hydrogen) atoms. The average Bonchev–Trinajstić information content (AvgIpc) is 3.38. The van der Waals surface area contributed by atoms with Gasteiger partial charge in [-0.2, -0.15) is 9.57 Å². The number of sulfonamides is 1. The highest BCUT2D eigenvalue weighted by Gasteiger charge is 2.52. The molecular weight excluding hydrogens is 559 g/mol. The van der Waals surface area contributed by atoms with Gasteiger partial charge in [0.05, 0.1) is 23.5 Å². The Morgan fingerprint density at radius 1 is 1.05 bits per heavy atom. The highest BCUT2D eigenvalue weighted by Crippen LogP contribution is 2.44. The van der Waals surface area contributed by atoms with E-state index in [9.17, 15) is 13.2 Å². The number of carbonyl (C=O) groups is 1. The van der Waals surface area contributed by atoms with Crippen LogP contribution in [0.3, 0.4) is 0 Å². The number of nitriles is 1. The highest BCUT2D eigenvalue weighted by atomic mass is 35.5. The zero-order valence-electron chi connectivity index (χ0n) is 19.3. The number of hydrogen-bond donors (Lipinski definition) is 1. The molecule has 0 bridgehead atoms. The molecule has 2 aromatic carbocycles. The maximum Gasteiger partial charge on any atom is 0.260 e. The monoisotopic (exact) mass is 592 g/mol. The molecule has 1 N–H and O–H groups in total. The third-order valence-corrected chi connectivity index (χ3v) is 8.78. The first-order chi connectivity index (χ1) is 17.1. The van der Waals surface area contributed by atoms with Crippen molar-refractivity contribution in [3.8, 4) is 6.07 Å². The number of imidazole rings is 1. The highest BCUT2D eigenvalue weighted by molar-refractivity contribution is 7.89. The van der Waals surface area contributed by atoms with Gasteiger partial charge >= 0.3 is 0 Å². The second-order valence-electron chi connectivity index (χ2n) is 8.91. The molecule has 3 aromatic rings. The predicted octanol–water partition coefficient (Wildman–Crippen LogP) is 5.20. The normalized spacial score (nSPS) is 18.8. The first-order valence-electron chi connectivity index (χ1n) is 11.2. The second kappa shape index (κ2) is 12.1. The maximum atomic E-state index is 14.1. The predicted molar refractivity (Wildman–Crippen MR) is 156 cm³/mol. The van der Waals surface area contributed by atoms with Gasteiger partial charge in [-0.15, -0.1) is 0 Å². The summed E-state index contributed by atoms with van der Waals surface area (Å²) in [5, 5.41) is 12.9. The molecular formula is C27H34Cl2N6O3S. The number of anilines is 2. The summed E-state index contributed by atoms with van der Waals surface area (Å²) < 4.78 is 30.3. The Kier molecular flexibility index (Phi) is 9.98. The third-order valence-electron chi connectivity index (χ3n) is 6.49. The summed E-state index contributed by atoms with van der Waals surface area (Å²) in [7, 11) is -3.94. The minimum Gasteiger partial charge on any atom is -0.314 e. The zero-order valence-corrected chi connectivity index (χ0v) is 21.6. The smallest absolute Gasteiger partial charge is 0.260 e. The molecule has 0 unspecified atom stereocenters. The minimum absolute atomic E-state index is 0. The zero-order chi connectivity index (χ0) is 25.7. The molecule has 0 saturated carbocycles. The lowest BCUT2D eigenvalue weighted by Crippen LogP contribution is -2.48. The molecule has 3 heterocycles. The Labute approximate surface area is 241 Å². The van der Waals surface area contributed by atoms with Crippen LogP contribution < -0.4 is 10.2 Å². The van der Waals surface area contributed by atoms with Gasteiger partial charge in [-0.3, -0.25) is 9.36 Å². The van der Waals surface area contributed by atoms with E-state index in [0.29, 0.717) is 47.5 Å². The molecule has 1 atom stereocenters. The number of hydrogen-bond acceptors (Lipinski definition) is 6. The molecule has 2 aliphatic rings. The Hall–Kier alpha value is -2.94. The number of nitrogens with one attached hydrogen (secondary N) is 1.